The molecule has 0 saturated carbocycles. The van der Waals surface area contributed by atoms with Crippen LogP contribution >= 0.6 is 0 Å². The second kappa shape index (κ2) is 7.64. The van der Waals surface area contributed by atoms with E-state index in [4.69, 9.17) is 0 Å². The van der Waals surface area contributed by atoms with Crippen LogP contribution in [0.4, 0.5) is 11.6 Å². The van der Waals surface area contributed by atoms with Gasteiger partial charge in [-0.15, -0.1) is 5.10 Å². The molecule has 26 heavy (non-hydrogen) atoms. The van der Waals surface area contributed by atoms with Gasteiger partial charge in [0.05, 0.1) is 5.69 Å². The Hall–Kier alpha value is -3.42. The Morgan fingerprint density at radius 1 is 1.15 bits per heavy atom. The number of hydrogen-bond acceptors (Lipinski definition) is 5. The average molecular weight is 353 g/mol. The Bertz CT molecular complexity index is 937. The minimum absolute atomic E-state index is 0.0288. The summed E-state index contributed by atoms with van der Waals surface area (Å²) < 4.78 is 1.22. The number of carbonyl (C=O) groups excluding carboxylic acids is 1. The summed E-state index contributed by atoms with van der Waals surface area (Å²) in [5.41, 5.74) is 2.03. The summed E-state index contributed by atoms with van der Waals surface area (Å²) in [5, 5.41) is 19.2. The highest BCUT2D eigenvalue weighted by Crippen LogP contribution is 2.19. The Morgan fingerprint density at radius 3 is 2.62 bits per heavy atom. The molecule has 3 rings (SSSR count). The van der Waals surface area contributed by atoms with Crippen molar-refractivity contribution in [3.8, 4) is 0 Å². The van der Waals surface area contributed by atoms with Gasteiger partial charge in [0.1, 0.15) is 0 Å². The molecule has 1 aromatic carbocycles. The smallest absolute Gasteiger partial charge is 0.354 e. The minimum atomic E-state index is -1.12. The number of aromatic nitrogens is 3. The van der Waals surface area contributed by atoms with Gasteiger partial charge in [0.25, 0.3) is 0 Å². The number of pyridine rings is 1. The number of anilines is 2. The van der Waals surface area contributed by atoms with E-state index < -0.39 is 5.97 Å². The zero-order valence-corrected chi connectivity index (χ0v) is 14.3. The summed E-state index contributed by atoms with van der Waals surface area (Å²) in [6.45, 7) is 2.57. The third-order valence-corrected chi connectivity index (χ3v) is 3.81. The van der Waals surface area contributed by atoms with Gasteiger partial charge in [-0.05, 0) is 31.0 Å². The van der Waals surface area contributed by atoms with Crippen molar-refractivity contribution < 1.29 is 14.7 Å². The predicted octanol–water partition coefficient (Wildman–Crippen LogP) is 2.43. The molecular weight excluding hydrogens is 334 g/mol. The third-order valence-electron chi connectivity index (χ3n) is 3.81. The number of nitrogens with one attached hydrogen (secondary N) is 2. The fourth-order valence-electron chi connectivity index (χ4n) is 2.59. The highest BCUT2D eigenvalue weighted by molar-refractivity contribution is 5.91. The lowest BCUT2D eigenvalue weighted by Crippen LogP contribution is -2.13. The largest absolute Gasteiger partial charge is 0.477 e. The maximum Gasteiger partial charge on any atom is 0.354 e. The number of nitrogens with zero attached hydrogens (tertiary/aromatic N) is 3. The van der Waals surface area contributed by atoms with Crippen LogP contribution in [-0.4, -0.2) is 38.1 Å². The minimum Gasteiger partial charge on any atom is -0.477 e. The van der Waals surface area contributed by atoms with Gasteiger partial charge < -0.3 is 10.4 Å². The number of aryl methyl sites for hydroxylation is 1. The first kappa shape index (κ1) is 17.4. The third kappa shape index (κ3) is 3.80. The van der Waals surface area contributed by atoms with E-state index in [0.717, 1.165) is 5.56 Å². The lowest BCUT2D eigenvalue weighted by Gasteiger charge is -2.05. The fourth-order valence-corrected chi connectivity index (χ4v) is 2.59. The molecule has 8 nitrogen and oxygen atoms in total. The van der Waals surface area contributed by atoms with Crippen molar-refractivity contribution in [1.29, 1.82) is 0 Å². The van der Waals surface area contributed by atoms with Gasteiger partial charge in [-0.25, -0.2) is 9.31 Å². The Morgan fingerprint density at radius 2 is 1.92 bits per heavy atom. The molecule has 0 atom stereocenters. The predicted molar refractivity (Wildman–Crippen MR) is 97.5 cm³/mol. The molecule has 2 heterocycles. The molecule has 3 N–H and O–H groups in total. The van der Waals surface area contributed by atoms with Crippen molar-refractivity contribution in [2.24, 2.45) is 0 Å². The number of carboxylic acid groups (broad SMARTS) is 1. The molecule has 134 valence electrons. The molecule has 0 saturated heterocycles. The van der Waals surface area contributed by atoms with Crippen LogP contribution in [0, 0.1) is 0 Å². The van der Waals surface area contributed by atoms with Crippen molar-refractivity contribution in [1.82, 2.24) is 14.6 Å². The lowest BCUT2D eigenvalue weighted by atomic mass is 10.1. The van der Waals surface area contributed by atoms with E-state index in [1.165, 1.54) is 10.6 Å². The maximum absolute atomic E-state index is 12.2. The molecule has 0 fully saturated rings. The van der Waals surface area contributed by atoms with Crippen LogP contribution in [0.3, 0.4) is 0 Å². The SMILES string of the molecule is CCNc1ccc(C(=O)O)n2nc(NC(=O)CCc3ccccc3)nc12. The summed E-state index contributed by atoms with van der Waals surface area (Å²) in [4.78, 5) is 27.8. The van der Waals surface area contributed by atoms with E-state index in [2.05, 4.69) is 20.7 Å². The summed E-state index contributed by atoms with van der Waals surface area (Å²) in [6.07, 6.45) is 0.883. The van der Waals surface area contributed by atoms with Crippen molar-refractivity contribution >= 4 is 29.2 Å². The summed E-state index contributed by atoms with van der Waals surface area (Å²) in [5.74, 6) is -1.27. The molecule has 0 aliphatic rings. The number of rotatable bonds is 7. The molecule has 0 bridgehead atoms. The molecule has 2 aromatic heterocycles. The van der Waals surface area contributed by atoms with Crippen LogP contribution in [0.25, 0.3) is 5.65 Å². The Kier molecular flexibility index (Phi) is 5.12. The average Bonchev–Trinajstić information content (AvgIpc) is 3.04. The summed E-state index contributed by atoms with van der Waals surface area (Å²) in [7, 11) is 0. The first-order chi connectivity index (χ1) is 12.6. The van der Waals surface area contributed by atoms with Crippen molar-refractivity contribution in [3.05, 3.63) is 53.7 Å². The van der Waals surface area contributed by atoms with Crippen LogP contribution in [0.2, 0.25) is 0 Å². The van der Waals surface area contributed by atoms with Gasteiger partial charge in [-0.3, -0.25) is 10.1 Å². The number of benzene rings is 1. The zero-order chi connectivity index (χ0) is 18.5. The second-order valence-electron chi connectivity index (χ2n) is 5.67. The molecule has 0 unspecified atom stereocenters. The molecule has 3 aromatic rings. The van der Waals surface area contributed by atoms with Crippen molar-refractivity contribution in [2.45, 2.75) is 19.8 Å². The Labute approximate surface area is 149 Å². The Balaban J connectivity index is 1.79. The van der Waals surface area contributed by atoms with E-state index >= 15 is 0 Å². The van der Waals surface area contributed by atoms with E-state index in [9.17, 15) is 14.7 Å². The van der Waals surface area contributed by atoms with Crippen LogP contribution in [0.1, 0.15) is 29.4 Å². The maximum atomic E-state index is 12.2. The van der Waals surface area contributed by atoms with Gasteiger partial charge in [0, 0.05) is 13.0 Å². The van der Waals surface area contributed by atoms with Gasteiger partial charge in [0.15, 0.2) is 11.3 Å². The number of carboxylic acids is 1. The number of hydrogen-bond donors (Lipinski definition) is 3. The topological polar surface area (TPSA) is 109 Å². The monoisotopic (exact) mass is 353 g/mol. The van der Waals surface area contributed by atoms with Crippen molar-refractivity contribution in [3.63, 3.8) is 0 Å². The van der Waals surface area contributed by atoms with Crippen molar-refractivity contribution in [2.75, 3.05) is 17.2 Å². The zero-order valence-electron chi connectivity index (χ0n) is 14.3. The number of fused-ring (bicyclic) bond motifs is 1. The first-order valence-corrected chi connectivity index (χ1v) is 8.29. The van der Waals surface area contributed by atoms with Gasteiger partial charge in [-0.2, -0.15) is 4.98 Å². The van der Waals surface area contributed by atoms with Gasteiger partial charge in [0.2, 0.25) is 11.9 Å². The van der Waals surface area contributed by atoms with Gasteiger partial charge in [-0.1, -0.05) is 30.3 Å². The first-order valence-electron chi connectivity index (χ1n) is 8.29. The number of aromatic carboxylic acids is 1. The standard InChI is InChI=1S/C18H19N5O3/c1-2-19-13-9-10-14(17(25)26)23-16(13)21-18(22-23)20-15(24)11-8-12-6-4-3-5-7-12/h3-7,9-10,19H,2,8,11H2,1H3,(H,25,26)(H,20,22,24). The molecule has 0 spiro atoms. The normalized spacial score (nSPS) is 10.7. The lowest BCUT2D eigenvalue weighted by molar-refractivity contribution is -0.116. The quantitative estimate of drug-likeness (QED) is 0.602. The van der Waals surface area contributed by atoms with E-state index in [1.54, 1.807) is 6.07 Å². The highest BCUT2D eigenvalue weighted by atomic mass is 16.4. The second-order valence-corrected chi connectivity index (χ2v) is 5.67. The van der Waals surface area contributed by atoms with Crippen LogP contribution < -0.4 is 10.6 Å². The molecule has 0 radical (unpaired) electrons. The summed E-state index contributed by atoms with van der Waals surface area (Å²) in [6, 6.07) is 12.8. The van der Waals surface area contributed by atoms with E-state index in [-0.39, 0.29) is 24.0 Å². The molecule has 1 amide bonds. The number of carbonyl (C=O) groups is 2. The van der Waals surface area contributed by atoms with Crippen LogP contribution in [-0.2, 0) is 11.2 Å². The molecule has 0 aliphatic heterocycles. The molecule has 0 aliphatic carbocycles. The van der Waals surface area contributed by atoms with Crippen LogP contribution in [0.15, 0.2) is 42.5 Å². The molecular formula is C18H19N5O3. The van der Waals surface area contributed by atoms with Gasteiger partial charge >= 0.3 is 5.97 Å². The van der Waals surface area contributed by atoms with E-state index in [1.807, 2.05) is 37.3 Å². The summed E-state index contributed by atoms with van der Waals surface area (Å²) >= 11 is 0. The number of amides is 1. The fraction of sp³-hybridized carbons (Fsp3) is 0.222. The highest BCUT2D eigenvalue weighted by Gasteiger charge is 2.16. The van der Waals surface area contributed by atoms with Crippen LogP contribution in [0.5, 0.6) is 0 Å². The molecule has 8 heteroatoms. The van der Waals surface area contributed by atoms with E-state index in [0.29, 0.717) is 24.3 Å².